The highest BCUT2D eigenvalue weighted by molar-refractivity contribution is 6.31. The summed E-state index contributed by atoms with van der Waals surface area (Å²) in [6, 6.07) is 2.65. The number of nitro groups is 1. The minimum atomic E-state index is -0.594. The maximum atomic E-state index is 10.9. The lowest BCUT2D eigenvalue weighted by Gasteiger charge is -2.27. The molecule has 1 aliphatic rings. The van der Waals surface area contributed by atoms with E-state index in [0.717, 1.165) is 25.7 Å². The van der Waals surface area contributed by atoms with Crippen LogP contribution in [0.4, 0.5) is 11.4 Å². The first-order valence-electron chi connectivity index (χ1n) is 6.53. The van der Waals surface area contributed by atoms with Crippen LogP contribution in [-0.2, 0) is 0 Å². The Hall–Kier alpha value is -1.53. The molecule has 1 aromatic carbocycles. The van der Waals surface area contributed by atoms with Crippen molar-refractivity contribution in [1.29, 1.82) is 0 Å². The average Bonchev–Trinajstić information content (AvgIpc) is 2.40. The highest BCUT2D eigenvalue weighted by Gasteiger charge is 2.25. The van der Waals surface area contributed by atoms with Crippen LogP contribution in [0.2, 0.25) is 5.02 Å². The fourth-order valence-electron chi connectivity index (χ4n) is 2.43. The highest BCUT2D eigenvalue weighted by atomic mass is 35.5. The Kier molecular flexibility index (Phi) is 4.67. The quantitative estimate of drug-likeness (QED) is 0.506. The van der Waals surface area contributed by atoms with Crippen LogP contribution in [0.1, 0.15) is 25.7 Å². The summed E-state index contributed by atoms with van der Waals surface area (Å²) in [7, 11) is 0. The summed E-state index contributed by atoms with van der Waals surface area (Å²) in [6.45, 7) is 0.281. The van der Waals surface area contributed by atoms with Crippen LogP contribution in [0.5, 0.6) is 5.75 Å². The van der Waals surface area contributed by atoms with Crippen LogP contribution in [0.25, 0.3) is 0 Å². The molecule has 7 heteroatoms. The van der Waals surface area contributed by atoms with Crippen molar-refractivity contribution >= 4 is 23.0 Å². The third-order valence-electron chi connectivity index (χ3n) is 3.60. The van der Waals surface area contributed by atoms with Crippen molar-refractivity contribution in [2.75, 3.05) is 12.3 Å². The number of hydrogen-bond donors (Lipinski definition) is 2. The van der Waals surface area contributed by atoms with Gasteiger partial charge in [-0.3, -0.25) is 10.1 Å². The van der Waals surface area contributed by atoms with Gasteiger partial charge in [-0.1, -0.05) is 24.4 Å². The Morgan fingerprint density at radius 2 is 2.15 bits per heavy atom. The molecular weight excluding hydrogens is 284 g/mol. The van der Waals surface area contributed by atoms with Crippen molar-refractivity contribution in [2.24, 2.45) is 5.92 Å². The molecule has 0 aliphatic heterocycles. The van der Waals surface area contributed by atoms with Crippen LogP contribution in [-0.4, -0.2) is 22.7 Å². The Bertz CT molecular complexity index is 509. The summed E-state index contributed by atoms with van der Waals surface area (Å²) in [5.41, 5.74) is 5.41. The van der Waals surface area contributed by atoms with E-state index in [1.54, 1.807) is 0 Å². The molecule has 0 saturated heterocycles. The van der Waals surface area contributed by atoms with Gasteiger partial charge in [-0.2, -0.15) is 0 Å². The van der Waals surface area contributed by atoms with Crippen LogP contribution in [0.15, 0.2) is 12.1 Å². The van der Waals surface area contributed by atoms with E-state index >= 15 is 0 Å². The minimum absolute atomic E-state index is 0.0289. The molecule has 0 heterocycles. The Morgan fingerprint density at radius 1 is 1.45 bits per heavy atom. The number of nitrogens with zero attached hydrogens (tertiary/aromatic N) is 1. The van der Waals surface area contributed by atoms with Crippen molar-refractivity contribution in [3.63, 3.8) is 0 Å². The number of nitrogens with two attached hydrogens (primary N) is 1. The van der Waals surface area contributed by atoms with E-state index in [2.05, 4.69) is 0 Å². The lowest BCUT2D eigenvalue weighted by molar-refractivity contribution is -0.383. The summed E-state index contributed by atoms with van der Waals surface area (Å²) in [6.07, 6.45) is 3.32. The smallest absolute Gasteiger partial charge is 0.297 e. The van der Waals surface area contributed by atoms with E-state index in [-0.39, 0.29) is 40.8 Å². The molecule has 1 fully saturated rings. The molecule has 0 spiro atoms. The number of halogens is 1. The van der Waals surface area contributed by atoms with Crippen molar-refractivity contribution in [3.8, 4) is 5.75 Å². The van der Waals surface area contributed by atoms with Gasteiger partial charge < -0.3 is 15.6 Å². The summed E-state index contributed by atoms with van der Waals surface area (Å²) >= 11 is 5.83. The first kappa shape index (κ1) is 14.9. The molecule has 0 aromatic heterocycles. The van der Waals surface area contributed by atoms with Crippen molar-refractivity contribution < 1.29 is 14.8 Å². The lowest BCUT2D eigenvalue weighted by Crippen LogP contribution is -2.29. The van der Waals surface area contributed by atoms with E-state index in [1.165, 1.54) is 12.1 Å². The maximum absolute atomic E-state index is 10.9. The minimum Gasteiger partial charge on any atom is -0.491 e. The van der Waals surface area contributed by atoms with Crippen LogP contribution < -0.4 is 10.5 Å². The molecule has 3 N–H and O–H groups in total. The fraction of sp³-hybridized carbons (Fsp3) is 0.538. The van der Waals surface area contributed by atoms with Gasteiger partial charge >= 0.3 is 0 Å². The number of rotatable bonds is 4. The van der Waals surface area contributed by atoms with Gasteiger partial charge in [-0.15, -0.1) is 0 Å². The fourth-order valence-corrected chi connectivity index (χ4v) is 2.63. The van der Waals surface area contributed by atoms with Gasteiger partial charge in [0.2, 0.25) is 0 Å². The largest absolute Gasteiger partial charge is 0.491 e. The van der Waals surface area contributed by atoms with Gasteiger partial charge in [0.15, 0.2) is 11.4 Å². The average molecular weight is 301 g/mol. The third kappa shape index (κ3) is 3.32. The molecule has 6 nitrogen and oxygen atoms in total. The molecular formula is C13H17ClN2O4. The number of nitrogen functional groups attached to an aromatic ring is 1. The van der Waals surface area contributed by atoms with E-state index in [1.807, 2.05) is 0 Å². The zero-order chi connectivity index (χ0) is 14.7. The summed E-state index contributed by atoms with van der Waals surface area (Å²) < 4.78 is 5.54. The third-order valence-corrected chi connectivity index (χ3v) is 3.82. The number of ether oxygens (including phenoxy) is 1. The zero-order valence-electron chi connectivity index (χ0n) is 10.9. The van der Waals surface area contributed by atoms with Gasteiger partial charge in [-0.25, -0.2) is 0 Å². The molecule has 20 heavy (non-hydrogen) atoms. The number of aliphatic hydroxyl groups is 1. The van der Waals surface area contributed by atoms with Gasteiger partial charge in [0, 0.05) is 18.1 Å². The predicted octanol–water partition coefficient (Wildman–Crippen LogP) is 2.76. The van der Waals surface area contributed by atoms with Crippen molar-refractivity contribution in [1.82, 2.24) is 0 Å². The summed E-state index contributed by atoms with van der Waals surface area (Å²) in [5, 5.41) is 20.9. The first-order chi connectivity index (χ1) is 9.49. The molecule has 1 aliphatic carbocycles. The molecule has 0 amide bonds. The number of hydrogen-bond acceptors (Lipinski definition) is 5. The Labute approximate surface area is 121 Å². The second-order valence-electron chi connectivity index (χ2n) is 5.02. The molecule has 1 saturated carbocycles. The molecule has 1 aromatic rings. The monoisotopic (exact) mass is 300 g/mol. The number of benzene rings is 1. The van der Waals surface area contributed by atoms with Crippen LogP contribution >= 0.6 is 11.6 Å². The number of anilines is 1. The molecule has 2 atom stereocenters. The van der Waals surface area contributed by atoms with Crippen LogP contribution in [0, 0.1) is 16.0 Å². The second-order valence-corrected chi connectivity index (χ2v) is 5.45. The van der Waals surface area contributed by atoms with Gasteiger partial charge in [-0.05, 0) is 12.8 Å². The van der Waals surface area contributed by atoms with Gasteiger partial charge in [0.05, 0.1) is 22.7 Å². The van der Waals surface area contributed by atoms with Crippen molar-refractivity contribution in [2.45, 2.75) is 31.8 Å². The Morgan fingerprint density at radius 3 is 2.80 bits per heavy atom. The SMILES string of the molecule is Nc1c(OCC2CCCCC2O)cc(Cl)cc1[N+](=O)[O-]. The van der Waals surface area contributed by atoms with Gasteiger partial charge in [0.1, 0.15) is 0 Å². The standard InChI is InChI=1S/C13H17ClN2O4/c14-9-5-10(16(18)19)13(15)12(6-9)20-7-8-3-1-2-4-11(8)17/h5-6,8,11,17H,1-4,7,15H2. The van der Waals surface area contributed by atoms with E-state index < -0.39 is 4.92 Å². The predicted molar refractivity (Wildman–Crippen MR) is 76.0 cm³/mol. The molecule has 110 valence electrons. The van der Waals surface area contributed by atoms with Gasteiger partial charge in [0.25, 0.3) is 5.69 Å². The van der Waals surface area contributed by atoms with E-state index in [0.29, 0.717) is 0 Å². The van der Waals surface area contributed by atoms with E-state index in [4.69, 9.17) is 22.1 Å². The molecule has 2 rings (SSSR count). The maximum Gasteiger partial charge on any atom is 0.297 e. The molecule has 2 unspecified atom stereocenters. The normalized spacial score (nSPS) is 22.5. The topological polar surface area (TPSA) is 98.6 Å². The number of nitro benzene ring substituents is 1. The zero-order valence-corrected chi connectivity index (χ0v) is 11.7. The first-order valence-corrected chi connectivity index (χ1v) is 6.91. The summed E-state index contributed by atoms with van der Waals surface area (Å²) in [5.74, 6) is 0.225. The van der Waals surface area contributed by atoms with Crippen molar-refractivity contribution in [3.05, 3.63) is 27.3 Å². The number of aliphatic hydroxyl groups excluding tert-OH is 1. The van der Waals surface area contributed by atoms with Crippen LogP contribution in [0.3, 0.4) is 0 Å². The lowest BCUT2D eigenvalue weighted by atomic mass is 9.87. The highest BCUT2D eigenvalue weighted by Crippen LogP contribution is 2.36. The molecule has 0 bridgehead atoms. The Balaban J connectivity index is 2.11. The van der Waals surface area contributed by atoms with E-state index in [9.17, 15) is 15.2 Å². The summed E-state index contributed by atoms with van der Waals surface area (Å²) in [4.78, 5) is 10.3. The molecule has 0 radical (unpaired) electrons. The second kappa shape index (κ2) is 6.28.